The lowest BCUT2D eigenvalue weighted by Crippen LogP contribution is -2.41. The van der Waals surface area contributed by atoms with Gasteiger partial charge >= 0.3 is 12.0 Å². The number of urea groups is 1. The molecule has 2 aliphatic rings. The number of amides is 4. The standard InChI is InChI=1S/C19H22N4O5/c1-13(18(26)22-12-10-20-19(22)27)28-17(25)8-7-16(24)23-11-9-15(21-23)14-5-3-2-4-6-14/h2-6,13H,7-12H2,1H3,(H,20,27)/t13-/m0/s1. The second-order valence-electron chi connectivity index (χ2n) is 6.53. The molecule has 148 valence electrons. The van der Waals surface area contributed by atoms with Gasteiger partial charge in [-0.2, -0.15) is 5.10 Å². The zero-order valence-corrected chi connectivity index (χ0v) is 15.6. The van der Waals surface area contributed by atoms with Gasteiger partial charge < -0.3 is 10.1 Å². The first-order chi connectivity index (χ1) is 13.5. The number of rotatable bonds is 6. The van der Waals surface area contributed by atoms with Gasteiger partial charge in [-0.3, -0.25) is 19.3 Å². The lowest BCUT2D eigenvalue weighted by molar-refractivity contribution is -0.158. The smallest absolute Gasteiger partial charge is 0.324 e. The van der Waals surface area contributed by atoms with E-state index in [0.717, 1.165) is 16.2 Å². The molecule has 0 unspecified atom stereocenters. The van der Waals surface area contributed by atoms with Crippen molar-refractivity contribution in [1.29, 1.82) is 0 Å². The highest BCUT2D eigenvalue weighted by atomic mass is 16.5. The summed E-state index contributed by atoms with van der Waals surface area (Å²) in [6.07, 6.45) is -0.643. The van der Waals surface area contributed by atoms with Crippen molar-refractivity contribution in [2.24, 2.45) is 5.10 Å². The molecule has 1 N–H and O–H groups in total. The predicted octanol–water partition coefficient (Wildman–Crippen LogP) is 0.887. The molecule has 0 radical (unpaired) electrons. The van der Waals surface area contributed by atoms with E-state index >= 15 is 0 Å². The molecular formula is C19H22N4O5. The van der Waals surface area contributed by atoms with E-state index in [0.29, 0.717) is 19.5 Å². The van der Waals surface area contributed by atoms with Gasteiger partial charge in [0, 0.05) is 25.9 Å². The number of carbonyl (C=O) groups excluding carboxylic acids is 4. The van der Waals surface area contributed by atoms with Crippen LogP contribution in [0.4, 0.5) is 4.79 Å². The number of esters is 1. The molecule has 0 aromatic heterocycles. The minimum Gasteiger partial charge on any atom is -0.453 e. The Balaban J connectivity index is 1.45. The van der Waals surface area contributed by atoms with Crippen LogP contribution in [0.1, 0.15) is 31.7 Å². The van der Waals surface area contributed by atoms with E-state index < -0.39 is 24.0 Å². The van der Waals surface area contributed by atoms with Crippen LogP contribution in [0.2, 0.25) is 0 Å². The highest BCUT2D eigenvalue weighted by Gasteiger charge is 2.31. The molecule has 1 atom stereocenters. The summed E-state index contributed by atoms with van der Waals surface area (Å²) in [4.78, 5) is 48.8. The van der Waals surface area contributed by atoms with Gasteiger partial charge in [-0.15, -0.1) is 0 Å². The number of imide groups is 1. The Hall–Kier alpha value is -3.23. The second kappa shape index (κ2) is 8.64. The monoisotopic (exact) mass is 386 g/mol. The van der Waals surface area contributed by atoms with Crippen molar-refractivity contribution in [2.45, 2.75) is 32.3 Å². The molecule has 2 aliphatic heterocycles. The maximum Gasteiger partial charge on any atom is 0.324 e. The Kier molecular flexibility index (Phi) is 6.03. The summed E-state index contributed by atoms with van der Waals surface area (Å²) < 4.78 is 5.06. The van der Waals surface area contributed by atoms with Crippen LogP contribution in [0.5, 0.6) is 0 Å². The van der Waals surface area contributed by atoms with Crippen molar-refractivity contribution < 1.29 is 23.9 Å². The maximum atomic E-state index is 12.3. The Morgan fingerprint density at radius 3 is 2.61 bits per heavy atom. The van der Waals surface area contributed by atoms with Crippen LogP contribution < -0.4 is 5.32 Å². The van der Waals surface area contributed by atoms with Crippen molar-refractivity contribution in [3.05, 3.63) is 35.9 Å². The third-order valence-corrected chi connectivity index (χ3v) is 4.52. The lowest BCUT2D eigenvalue weighted by Gasteiger charge is -2.18. The largest absolute Gasteiger partial charge is 0.453 e. The van der Waals surface area contributed by atoms with E-state index in [1.807, 2.05) is 30.3 Å². The minimum atomic E-state index is -1.08. The Morgan fingerprint density at radius 2 is 1.93 bits per heavy atom. The third-order valence-electron chi connectivity index (χ3n) is 4.52. The van der Waals surface area contributed by atoms with Gasteiger partial charge in [0.15, 0.2) is 6.10 Å². The van der Waals surface area contributed by atoms with Gasteiger partial charge in [-0.05, 0) is 12.5 Å². The number of hydrazone groups is 1. The first-order valence-corrected chi connectivity index (χ1v) is 9.17. The molecule has 1 saturated heterocycles. The second-order valence-corrected chi connectivity index (χ2v) is 6.53. The Labute approximate surface area is 162 Å². The highest BCUT2D eigenvalue weighted by molar-refractivity contribution is 6.02. The summed E-state index contributed by atoms with van der Waals surface area (Å²) in [6, 6.07) is 9.10. The topological polar surface area (TPSA) is 108 Å². The van der Waals surface area contributed by atoms with Crippen molar-refractivity contribution in [3.63, 3.8) is 0 Å². The van der Waals surface area contributed by atoms with Gasteiger partial charge in [0.2, 0.25) is 5.91 Å². The average molecular weight is 386 g/mol. The summed E-state index contributed by atoms with van der Waals surface area (Å²) in [6.45, 7) is 2.50. The van der Waals surface area contributed by atoms with Gasteiger partial charge in [0.25, 0.3) is 5.91 Å². The number of nitrogens with one attached hydrogen (secondary N) is 1. The number of carbonyl (C=O) groups is 4. The maximum absolute atomic E-state index is 12.3. The molecule has 9 nitrogen and oxygen atoms in total. The van der Waals surface area contributed by atoms with E-state index in [4.69, 9.17) is 4.74 Å². The van der Waals surface area contributed by atoms with Crippen LogP contribution in [-0.4, -0.2) is 65.2 Å². The summed E-state index contributed by atoms with van der Waals surface area (Å²) in [7, 11) is 0. The van der Waals surface area contributed by atoms with E-state index in [9.17, 15) is 19.2 Å². The molecule has 4 amide bonds. The SMILES string of the molecule is C[C@H](OC(=O)CCC(=O)N1CCC(c2ccccc2)=N1)C(=O)N1CCNC1=O. The minimum absolute atomic E-state index is 0.0600. The molecule has 0 aliphatic carbocycles. The van der Waals surface area contributed by atoms with Crippen molar-refractivity contribution in [1.82, 2.24) is 15.2 Å². The molecular weight excluding hydrogens is 364 g/mol. The van der Waals surface area contributed by atoms with E-state index in [2.05, 4.69) is 10.4 Å². The van der Waals surface area contributed by atoms with Crippen LogP contribution in [0.3, 0.4) is 0 Å². The van der Waals surface area contributed by atoms with Gasteiger partial charge in [-0.1, -0.05) is 30.3 Å². The summed E-state index contributed by atoms with van der Waals surface area (Å²) in [5.41, 5.74) is 1.80. The number of ether oxygens (including phenoxy) is 1. The molecule has 28 heavy (non-hydrogen) atoms. The molecule has 0 bridgehead atoms. The summed E-state index contributed by atoms with van der Waals surface area (Å²) in [5, 5.41) is 8.20. The fourth-order valence-corrected chi connectivity index (χ4v) is 3.02. The zero-order chi connectivity index (χ0) is 20.1. The van der Waals surface area contributed by atoms with Gasteiger partial charge in [-0.25, -0.2) is 9.80 Å². The molecule has 0 saturated carbocycles. The number of nitrogens with zero attached hydrogens (tertiary/aromatic N) is 3. The summed E-state index contributed by atoms with van der Waals surface area (Å²) in [5.74, 6) is -1.52. The van der Waals surface area contributed by atoms with E-state index in [-0.39, 0.29) is 25.3 Å². The lowest BCUT2D eigenvalue weighted by atomic mass is 10.1. The number of hydrogen-bond donors (Lipinski definition) is 1. The zero-order valence-electron chi connectivity index (χ0n) is 15.6. The molecule has 0 spiro atoms. The first-order valence-electron chi connectivity index (χ1n) is 9.17. The predicted molar refractivity (Wildman–Crippen MR) is 99.2 cm³/mol. The Bertz CT molecular complexity index is 808. The fraction of sp³-hybridized carbons (Fsp3) is 0.421. The van der Waals surface area contributed by atoms with Gasteiger partial charge in [0.05, 0.1) is 18.7 Å². The first kappa shape index (κ1) is 19.5. The highest BCUT2D eigenvalue weighted by Crippen LogP contribution is 2.15. The quantitative estimate of drug-likeness (QED) is 0.731. The van der Waals surface area contributed by atoms with Crippen molar-refractivity contribution >= 4 is 29.5 Å². The van der Waals surface area contributed by atoms with Crippen LogP contribution >= 0.6 is 0 Å². The van der Waals surface area contributed by atoms with Crippen molar-refractivity contribution in [2.75, 3.05) is 19.6 Å². The molecule has 1 aromatic carbocycles. The van der Waals surface area contributed by atoms with Gasteiger partial charge in [0.1, 0.15) is 0 Å². The fourth-order valence-electron chi connectivity index (χ4n) is 3.02. The molecule has 9 heteroatoms. The third kappa shape index (κ3) is 4.54. The van der Waals surface area contributed by atoms with Crippen molar-refractivity contribution in [3.8, 4) is 0 Å². The number of hydrogen-bond acceptors (Lipinski definition) is 6. The molecule has 2 heterocycles. The summed E-state index contributed by atoms with van der Waals surface area (Å²) >= 11 is 0. The van der Waals surface area contributed by atoms with Crippen LogP contribution in [0.25, 0.3) is 0 Å². The Morgan fingerprint density at radius 1 is 1.18 bits per heavy atom. The van der Waals surface area contributed by atoms with E-state index in [1.165, 1.54) is 11.9 Å². The normalized spacial score (nSPS) is 17.2. The molecule has 1 aromatic rings. The van der Waals surface area contributed by atoms with E-state index in [1.54, 1.807) is 0 Å². The average Bonchev–Trinajstić information content (AvgIpc) is 3.35. The van der Waals surface area contributed by atoms with Crippen LogP contribution in [0, 0.1) is 0 Å². The van der Waals surface area contributed by atoms with Crippen LogP contribution in [-0.2, 0) is 19.1 Å². The van der Waals surface area contributed by atoms with Crippen LogP contribution in [0.15, 0.2) is 35.4 Å². The molecule has 3 rings (SSSR count). The number of benzene rings is 1. The molecule has 1 fully saturated rings.